The van der Waals surface area contributed by atoms with E-state index in [4.69, 9.17) is 9.47 Å². The largest absolute Gasteiger partial charge is 0.468 e. The SMILES string of the molecule is C[Si](C)(C)CCOCOc1ccc(NC(=O)c2cc[nH]c2)cc1. The summed E-state index contributed by atoms with van der Waals surface area (Å²) in [5.41, 5.74) is 1.32. The van der Waals surface area contributed by atoms with Crippen molar-refractivity contribution in [3.05, 3.63) is 48.3 Å². The van der Waals surface area contributed by atoms with Crippen molar-refractivity contribution in [2.24, 2.45) is 0 Å². The van der Waals surface area contributed by atoms with Gasteiger partial charge in [-0.3, -0.25) is 4.79 Å². The van der Waals surface area contributed by atoms with E-state index in [1.165, 1.54) is 0 Å². The van der Waals surface area contributed by atoms with Crippen LogP contribution in [0.25, 0.3) is 0 Å². The van der Waals surface area contributed by atoms with Crippen molar-refractivity contribution >= 4 is 19.7 Å². The van der Waals surface area contributed by atoms with E-state index in [-0.39, 0.29) is 12.7 Å². The Kier molecular flexibility index (Phi) is 6.01. The average Bonchev–Trinajstić information content (AvgIpc) is 3.02. The van der Waals surface area contributed by atoms with E-state index in [1.807, 2.05) is 24.3 Å². The van der Waals surface area contributed by atoms with E-state index in [9.17, 15) is 4.79 Å². The highest BCUT2D eigenvalue weighted by Crippen LogP contribution is 2.16. The van der Waals surface area contributed by atoms with Crippen LogP contribution >= 0.6 is 0 Å². The Labute approximate surface area is 138 Å². The lowest BCUT2D eigenvalue weighted by molar-refractivity contribution is 0.0220. The van der Waals surface area contributed by atoms with Crippen LogP contribution < -0.4 is 10.1 Å². The highest BCUT2D eigenvalue weighted by Gasteiger charge is 2.12. The van der Waals surface area contributed by atoms with E-state index < -0.39 is 8.07 Å². The molecule has 124 valence electrons. The number of aromatic nitrogens is 1. The zero-order valence-corrected chi connectivity index (χ0v) is 14.9. The third-order valence-corrected chi connectivity index (χ3v) is 4.98. The van der Waals surface area contributed by atoms with Crippen molar-refractivity contribution in [3.8, 4) is 5.75 Å². The Morgan fingerprint density at radius 1 is 1.17 bits per heavy atom. The molecule has 1 aromatic carbocycles. The molecule has 0 aliphatic rings. The van der Waals surface area contributed by atoms with Gasteiger partial charge in [0.15, 0.2) is 6.79 Å². The molecule has 0 aliphatic carbocycles. The molecule has 0 saturated carbocycles. The number of anilines is 1. The van der Waals surface area contributed by atoms with Gasteiger partial charge in [-0.2, -0.15) is 0 Å². The van der Waals surface area contributed by atoms with Crippen LogP contribution in [0.2, 0.25) is 25.7 Å². The normalized spacial score (nSPS) is 11.3. The lowest BCUT2D eigenvalue weighted by atomic mass is 10.2. The zero-order chi connectivity index (χ0) is 16.7. The van der Waals surface area contributed by atoms with Crippen molar-refractivity contribution in [1.82, 2.24) is 4.98 Å². The fourth-order valence-corrected chi connectivity index (χ4v) is 2.61. The fraction of sp³-hybridized carbons (Fsp3) is 0.353. The molecule has 0 fully saturated rings. The topological polar surface area (TPSA) is 63.4 Å². The number of benzene rings is 1. The molecule has 0 radical (unpaired) electrons. The molecule has 0 spiro atoms. The Bertz CT molecular complexity index is 604. The Morgan fingerprint density at radius 2 is 1.91 bits per heavy atom. The number of H-pyrrole nitrogens is 1. The summed E-state index contributed by atoms with van der Waals surface area (Å²) in [7, 11) is -1.06. The standard InChI is InChI=1S/C17H24N2O3Si/c1-23(2,3)11-10-21-13-22-16-6-4-15(5-7-16)19-17(20)14-8-9-18-12-14/h4-9,12,18H,10-11,13H2,1-3H3,(H,19,20). The number of hydrogen-bond acceptors (Lipinski definition) is 3. The maximum atomic E-state index is 11.9. The van der Waals surface area contributed by atoms with Crippen molar-refractivity contribution < 1.29 is 14.3 Å². The molecule has 2 N–H and O–H groups in total. The summed E-state index contributed by atoms with van der Waals surface area (Å²) in [5.74, 6) is 0.576. The number of rotatable bonds is 8. The smallest absolute Gasteiger partial charge is 0.257 e. The van der Waals surface area contributed by atoms with Crippen LogP contribution in [0.1, 0.15) is 10.4 Å². The third-order valence-electron chi connectivity index (χ3n) is 3.28. The second kappa shape index (κ2) is 7.98. The molecule has 2 rings (SSSR count). The van der Waals surface area contributed by atoms with Gasteiger partial charge < -0.3 is 19.8 Å². The summed E-state index contributed by atoms with van der Waals surface area (Å²) in [5, 5.41) is 2.82. The summed E-state index contributed by atoms with van der Waals surface area (Å²) >= 11 is 0. The number of hydrogen-bond donors (Lipinski definition) is 2. The number of aromatic amines is 1. The maximum absolute atomic E-state index is 11.9. The van der Waals surface area contributed by atoms with Crippen molar-refractivity contribution in [2.75, 3.05) is 18.7 Å². The first-order chi connectivity index (χ1) is 10.9. The van der Waals surface area contributed by atoms with Gasteiger partial charge in [0.25, 0.3) is 5.91 Å². The predicted molar refractivity (Wildman–Crippen MR) is 94.8 cm³/mol. The molecule has 0 saturated heterocycles. The second-order valence-corrected chi connectivity index (χ2v) is 12.2. The second-order valence-electron chi connectivity index (χ2n) is 6.56. The summed E-state index contributed by atoms with van der Waals surface area (Å²) < 4.78 is 11.0. The molecule has 0 atom stereocenters. The number of carbonyl (C=O) groups excluding carboxylic acids is 1. The maximum Gasteiger partial charge on any atom is 0.257 e. The first-order valence-electron chi connectivity index (χ1n) is 7.69. The molecule has 0 bridgehead atoms. The predicted octanol–water partition coefficient (Wildman–Crippen LogP) is 3.96. The van der Waals surface area contributed by atoms with Crippen LogP contribution in [0, 0.1) is 0 Å². The summed E-state index contributed by atoms with van der Waals surface area (Å²) in [4.78, 5) is 14.8. The lowest BCUT2D eigenvalue weighted by Gasteiger charge is -2.15. The van der Waals surface area contributed by atoms with Crippen LogP contribution in [-0.2, 0) is 4.74 Å². The summed E-state index contributed by atoms with van der Waals surface area (Å²) in [6.45, 7) is 7.94. The van der Waals surface area contributed by atoms with Gasteiger partial charge in [0.2, 0.25) is 0 Å². The molecular formula is C17H24N2O3Si. The Balaban J connectivity index is 1.73. The third kappa shape index (κ3) is 6.30. The van der Waals surface area contributed by atoms with Crippen molar-refractivity contribution in [2.45, 2.75) is 25.7 Å². The van der Waals surface area contributed by atoms with Crippen LogP contribution in [0.3, 0.4) is 0 Å². The van der Waals surface area contributed by atoms with Crippen LogP contribution in [0.5, 0.6) is 5.75 Å². The molecule has 5 nitrogen and oxygen atoms in total. The first-order valence-corrected chi connectivity index (χ1v) is 11.4. The van der Waals surface area contributed by atoms with Gasteiger partial charge in [0.05, 0.1) is 5.56 Å². The van der Waals surface area contributed by atoms with Gasteiger partial charge in [0.1, 0.15) is 5.75 Å². The molecule has 2 aromatic rings. The quantitative estimate of drug-likeness (QED) is 0.437. The minimum Gasteiger partial charge on any atom is -0.468 e. The van der Waals surface area contributed by atoms with E-state index in [0.717, 1.165) is 24.1 Å². The van der Waals surface area contributed by atoms with Gasteiger partial charge in [-0.1, -0.05) is 19.6 Å². The minimum absolute atomic E-state index is 0.144. The molecular weight excluding hydrogens is 308 g/mol. The van der Waals surface area contributed by atoms with Gasteiger partial charge in [-0.15, -0.1) is 0 Å². The van der Waals surface area contributed by atoms with Crippen LogP contribution in [0.15, 0.2) is 42.7 Å². The number of amides is 1. The average molecular weight is 332 g/mol. The van der Waals surface area contributed by atoms with E-state index in [1.54, 1.807) is 18.5 Å². The minimum atomic E-state index is -1.06. The van der Waals surface area contributed by atoms with Gasteiger partial charge >= 0.3 is 0 Å². The summed E-state index contributed by atoms with van der Waals surface area (Å²) in [6.07, 6.45) is 3.37. The Hall–Kier alpha value is -2.05. The van der Waals surface area contributed by atoms with Gasteiger partial charge in [-0.25, -0.2) is 0 Å². The van der Waals surface area contributed by atoms with E-state index in [0.29, 0.717) is 5.56 Å². The highest BCUT2D eigenvalue weighted by molar-refractivity contribution is 6.76. The Morgan fingerprint density at radius 3 is 2.52 bits per heavy atom. The molecule has 23 heavy (non-hydrogen) atoms. The molecule has 6 heteroatoms. The van der Waals surface area contributed by atoms with E-state index >= 15 is 0 Å². The van der Waals surface area contributed by atoms with Crippen LogP contribution in [-0.4, -0.2) is 32.4 Å². The fourth-order valence-electron chi connectivity index (χ4n) is 1.85. The van der Waals surface area contributed by atoms with Gasteiger partial charge in [0, 0.05) is 32.8 Å². The number of nitrogens with one attached hydrogen (secondary N) is 2. The molecule has 0 unspecified atom stereocenters. The molecule has 1 heterocycles. The van der Waals surface area contributed by atoms with Gasteiger partial charge in [-0.05, 0) is 36.4 Å². The number of carbonyl (C=O) groups is 1. The molecule has 1 amide bonds. The van der Waals surface area contributed by atoms with Crippen LogP contribution in [0.4, 0.5) is 5.69 Å². The van der Waals surface area contributed by atoms with E-state index in [2.05, 4.69) is 29.9 Å². The van der Waals surface area contributed by atoms with Crippen molar-refractivity contribution in [3.63, 3.8) is 0 Å². The number of ether oxygens (including phenoxy) is 2. The first kappa shape index (κ1) is 17.3. The highest BCUT2D eigenvalue weighted by atomic mass is 28.3. The van der Waals surface area contributed by atoms with Crippen molar-refractivity contribution in [1.29, 1.82) is 0 Å². The monoisotopic (exact) mass is 332 g/mol. The molecule has 1 aromatic heterocycles. The lowest BCUT2D eigenvalue weighted by Crippen LogP contribution is -2.22. The summed E-state index contributed by atoms with van der Waals surface area (Å²) in [6, 6.07) is 10.1. The molecule has 0 aliphatic heterocycles. The zero-order valence-electron chi connectivity index (χ0n) is 13.9.